The second-order valence-corrected chi connectivity index (χ2v) is 10.0. The van der Waals surface area contributed by atoms with Crippen LogP contribution < -0.4 is 5.32 Å². The Labute approximate surface area is 197 Å². The molecule has 8 heteroatoms. The number of nitrogens with zero attached hydrogens (tertiary/aromatic N) is 1. The third-order valence-corrected chi connectivity index (χ3v) is 6.46. The zero-order chi connectivity index (χ0) is 24.7. The number of alkyl halides is 2. The Morgan fingerprint density at radius 3 is 2.18 bits per heavy atom. The van der Waals surface area contributed by atoms with Gasteiger partial charge < -0.3 is 15.2 Å². The number of nitrogens with one attached hydrogen (secondary N) is 1. The monoisotopic (exact) mass is 472 g/mol. The van der Waals surface area contributed by atoms with Crippen LogP contribution in [0.3, 0.4) is 0 Å². The van der Waals surface area contributed by atoms with Crippen molar-refractivity contribution in [2.45, 2.75) is 69.6 Å². The number of halogens is 2. The minimum absolute atomic E-state index is 0.143. The topological polar surface area (TPSA) is 78.9 Å². The van der Waals surface area contributed by atoms with Crippen LogP contribution in [-0.4, -0.2) is 52.3 Å². The number of rotatable bonds is 4. The Balaban J connectivity index is 1.67. The SMILES string of the molecule is CC(C)(C)OC(=O)N[C@H]1CCCC(F)(F)[C@@H]1N(CC1c2ccccc2-c2ccccc21)C(=O)O. The van der Waals surface area contributed by atoms with Gasteiger partial charge in [0.15, 0.2) is 0 Å². The van der Waals surface area contributed by atoms with E-state index in [0.717, 1.165) is 27.2 Å². The summed E-state index contributed by atoms with van der Waals surface area (Å²) in [7, 11) is 0. The van der Waals surface area contributed by atoms with E-state index in [-0.39, 0.29) is 25.3 Å². The van der Waals surface area contributed by atoms with Crippen molar-refractivity contribution in [3.05, 3.63) is 59.7 Å². The van der Waals surface area contributed by atoms with Crippen LogP contribution in [-0.2, 0) is 4.74 Å². The summed E-state index contributed by atoms with van der Waals surface area (Å²) >= 11 is 0. The Morgan fingerprint density at radius 2 is 1.65 bits per heavy atom. The van der Waals surface area contributed by atoms with E-state index in [1.165, 1.54) is 0 Å². The summed E-state index contributed by atoms with van der Waals surface area (Å²) in [6, 6.07) is 12.5. The van der Waals surface area contributed by atoms with Crippen molar-refractivity contribution in [1.29, 1.82) is 0 Å². The smallest absolute Gasteiger partial charge is 0.407 e. The molecule has 1 saturated carbocycles. The normalized spacial score (nSPS) is 21.3. The highest BCUT2D eigenvalue weighted by atomic mass is 19.3. The number of hydrogen-bond donors (Lipinski definition) is 2. The van der Waals surface area contributed by atoms with Gasteiger partial charge in [-0.25, -0.2) is 18.4 Å². The average Bonchev–Trinajstić information content (AvgIpc) is 3.05. The molecule has 2 aromatic carbocycles. The highest BCUT2D eigenvalue weighted by Crippen LogP contribution is 2.46. The number of amides is 2. The fourth-order valence-electron chi connectivity index (χ4n) is 5.18. The summed E-state index contributed by atoms with van der Waals surface area (Å²) in [6.45, 7) is 4.89. The molecule has 0 radical (unpaired) electrons. The van der Waals surface area contributed by atoms with Crippen molar-refractivity contribution in [3.8, 4) is 11.1 Å². The van der Waals surface area contributed by atoms with Crippen LogP contribution in [0.2, 0.25) is 0 Å². The van der Waals surface area contributed by atoms with Gasteiger partial charge in [-0.05, 0) is 55.9 Å². The summed E-state index contributed by atoms with van der Waals surface area (Å²) in [5, 5.41) is 12.6. The number of carbonyl (C=O) groups is 2. The number of carboxylic acid groups (broad SMARTS) is 1. The molecule has 2 aliphatic rings. The van der Waals surface area contributed by atoms with Crippen LogP contribution in [0.25, 0.3) is 11.1 Å². The molecule has 2 N–H and O–H groups in total. The van der Waals surface area contributed by atoms with Crippen molar-refractivity contribution < 1.29 is 28.2 Å². The summed E-state index contributed by atoms with van der Waals surface area (Å²) in [5.74, 6) is -3.68. The number of hydrogen-bond acceptors (Lipinski definition) is 3. The molecule has 2 amide bonds. The molecule has 0 heterocycles. The molecule has 0 saturated heterocycles. The predicted octanol–water partition coefficient (Wildman–Crippen LogP) is 5.86. The van der Waals surface area contributed by atoms with Gasteiger partial charge in [-0.2, -0.15) is 0 Å². The minimum Gasteiger partial charge on any atom is -0.465 e. The van der Waals surface area contributed by atoms with Crippen LogP contribution in [0.1, 0.15) is 57.1 Å². The lowest BCUT2D eigenvalue weighted by atomic mass is 9.84. The van der Waals surface area contributed by atoms with Gasteiger partial charge in [0, 0.05) is 18.9 Å². The molecular formula is C26H30F2N2O4. The van der Waals surface area contributed by atoms with Gasteiger partial charge in [0.25, 0.3) is 5.92 Å². The van der Waals surface area contributed by atoms with Crippen molar-refractivity contribution in [1.82, 2.24) is 10.2 Å². The fraction of sp³-hybridized carbons (Fsp3) is 0.462. The van der Waals surface area contributed by atoms with Gasteiger partial charge in [0.2, 0.25) is 0 Å². The Hall–Kier alpha value is -3.16. The number of ether oxygens (including phenoxy) is 1. The zero-order valence-electron chi connectivity index (χ0n) is 19.6. The molecule has 0 aliphatic heterocycles. The van der Waals surface area contributed by atoms with E-state index in [1.54, 1.807) is 20.8 Å². The van der Waals surface area contributed by atoms with Gasteiger partial charge in [-0.1, -0.05) is 48.5 Å². The predicted molar refractivity (Wildman–Crippen MR) is 124 cm³/mol. The molecule has 2 aromatic rings. The third-order valence-electron chi connectivity index (χ3n) is 6.46. The Morgan fingerprint density at radius 1 is 1.09 bits per heavy atom. The van der Waals surface area contributed by atoms with Crippen LogP contribution in [0.5, 0.6) is 0 Å². The van der Waals surface area contributed by atoms with Gasteiger partial charge >= 0.3 is 12.2 Å². The zero-order valence-corrected chi connectivity index (χ0v) is 19.6. The average molecular weight is 473 g/mol. The standard InChI is InChI=1S/C26H30F2N2O4/c1-25(2,3)34-23(31)29-21-13-8-14-26(27,28)22(21)30(24(32)33)15-20-18-11-6-4-9-16(18)17-10-5-7-12-19(17)20/h4-7,9-12,20-22H,8,13-15H2,1-3H3,(H,29,31)(H,32,33)/t21-,22+/m0/s1. The first-order valence-electron chi connectivity index (χ1n) is 11.5. The summed E-state index contributed by atoms with van der Waals surface area (Å²) in [5.41, 5.74) is 2.97. The molecule has 0 spiro atoms. The molecule has 4 rings (SSSR count). The van der Waals surface area contributed by atoms with E-state index in [4.69, 9.17) is 4.74 Å². The summed E-state index contributed by atoms with van der Waals surface area (Å²) < 4.78 is 35.8. The lowest BCUT2D eigenvalue weighted by molar-refractivity contribution is -0.110. The first kappa shape index (κ1) is 24.0. The number of fused-ring (bicyclic) bond motifs is 3. The van der Waals surface area contributed by atoms with Gasteiger partial charge in [0.05, 0.1) is 6.04 Å². The molecule has 0 bridgehead atoms. The molecule has 0 aromatic heterocycles. The molecule has 2 atom stereocenters. The molecule has 0 unspecified atom stereocenters. The van der Waals surface area contributed by atoms with Gasteiger partial charge in [-0.3, -0.25) is 4.90 Å². The maximum absolute atomic E-state index is 15.3. The maximum Gasteiger partial charge on any atom is 0.407 e. The van der Waals surface area contributed by atoms with Crippen molar-refractivity contribution >= 4 is 12.2 Å². The van der Waals surface area contributed by atoms with E-state index >= 15 is 8.78 Å². The maximum atomic E-state index is 15.3. The van der Waals surface area contributed by atoms with E-state index in [0.29, 0.717) is 0 Å². The largest absolute Gasteiger partial charge is 0.465 e. The molecule has 2 aliphatic carbocycles. The molecule has 1 fully saturated rings. The van der Waals surface area contributed by atoms with Crippen LogP contribution in [0, 0.1) is 0 Å². The van der Waals surface area contributed by atoms with Crippen molar-refractivity contribution in [3.63, 3.8) is 0 Å². The molecule has 182 valence electrons. The van der Waals surface area contributed by atoms with Crippen LogP contribution >= 0.6 is 0 Å². The Bertz CT molecular complexity index is 1040. The highest BCUT2D eigenvalue weighted by molar-refractivity contribution is 5.79. The van der Waals surface area contributed by atoms with E-state index in [1.807, 2.05) is 48.5 Å². The first-order valence-corrected chi connectivity index (χ1v) is 11.5. The van der Waals surface area contributed by atoms with Gasteiger partial charge in [-0.15, -0.1) is 0 Å². The second-order valence-electron chi connectivity index (χ2n) is 10.0. The van der Waals surface area contributed by atoms with Gasteiger partial charge in [0.1, 0.15) is 11.6 Å². The Kier molecular flexibility index (Phi) is 6.27. The first-order chi connectivity index (χ1) is 16.0. The summed E-state index contributed by atoms with van der Waals surface area (Å²) in [6.07, 6.45) is -2.30. The minimum atomic E-state index is -3.30. The second kappa shape index (κ2) is 8.89. The van der Waals surface area contributed by atoms with Crippen molar-refractivity contribution in [2.75, 3.05) is 6.54 Å². The highest BCUT2D eigenvalue weighted by Gasteiger charge is 2.53. The van der Waals surface area contributed by atoms with E-state index in [2.05, 4.69) is 5.32 Å². The summed E-state index contributed by atoms with van der Waals surface area (Å²) in [4.78, 5) is 25.6. The fourth-order valence-corrected chi connectivity index (χ4v) is 5.18. The molecule has 6 nitrogen and oxygen atoms in total. The number of alkyl carbamates (subject to hydrolysis) is 1. The lowest BCUT2D eigenvalue weighted by Gasteiger charge is -2.44. The lowest BCUT2D eigenvalue weighted by Crippen LogP contribution is -2.63. The van der Waals surface area contributed by atoms with E-state index < -0.39 is 42.2 Å². The van der Waals surface area contributed by atoms with E-state index in [9.17, 15) is 14.7 Å². The third kappa shape index (κ3) is 4.72. The molecule has 34 heavy (non-hydrogen) atoms. The molecular weight excluding hydrogens is 442 g/mol. The quantitative estimate of drug-likeness (QED) is 0.584. The van der Waals surface area contributed by atoms with Crippen molar-refractivity contribution in [2.24, 2.45) is 0 Å². The van der Waals surface area contributed by atoms with Crippen LogP contribution in [0.4, 0.5) is 18.4 Å². The number of carbonyl (C=O) groups excluding carboxylic acids is 1. The number of benzene rings is 2. The van der Waals surface area contributed by atoms with Crippen LogP contribution in [0.15, 0.2) is 48.5 Å².